The first kappa shape index (κ1) is 24.1. The summed E-state index contributed by atoms with van der Waals surface area (Å²) in [5.74, 6) is 0.396. The molecular formula is C22H30ClN5O4S. The number of hydrogen-bond donors (Lipinski definition) is 0. The second-order valence-electron chi connectivity index (χ2n) is 8.65. The highest BCUT2D eigenvalue weighted by Crippen LogP contribution is 2.32. The van der Waals surface area contributed by atoms with Gasteiger partial charge in [-0.15, -0.1) is 0 Å². The number of sulfonamides is 1. The van der Waals surface area contributed by atoms with Gasteiger partial charge in [-0.2, -0.15) is 9.29 Å². The summed E-state index contributed by atoms with van der Waals surface area (Å²) in [5.41, 5.74) is 0.504. The first-order chi connectivity index (χ1) is 15.8. The maximum absolute atomic E-state index is 13.5. The predicted molar refractivity (Wildman–Crippen MR) is 124 cm³/mol. The molecule has 11 heteroatoms. The monoisotopic (exact) mass is 495 g/mol. The average molecular weight is 496 g/mol. The van der Waals surface area contributed by atoms with Gasteiger partial charge in [-0.05, 0) is 44.0 Å². The zero-order chi connectivity index (χ0) is 23.6. The Morgan fingerprint density at radius 3 is 2.64 bits per heavy atom. The Kier molecular flexibility index (Phi) is 7.37. The van der Waals surface area contributed by atoms with Gasteiger partial charge in [-0.25, -0.2) is 8.42 Å². The molecule has 1 aromatic heterocycles. The number of nitrogens with zero attached hydrogens (tertiary/aromatic N) is 5. The number of carbonyl (C=O) groups is 1. The lowest BCUT2D eigenvalue weighted by atomic mass is 9.98. The molecule has 4 rings (SSSR count). The second-order valence-corrected chi connectivity index (χ2v) is 11.0. The number of piperazine rings is 1. The first-order valence-electron chi connectivity index (χ1n) is 11.4. The van der Waals surface area contributed by atoms with E-state index in [9.17, 15) is 13.2 Å². The summed E-state index contributed by atoms with van der Waals surface area (Å²) in [6.07, 6.45) is 2.42. The molecule has 180 valence electrons. The quantitative estimate of drug-likeness (QED) is 0.607. The summed E-state index contributed by atoms with van der Waals surface area (Å²) < 4.78 is 33.4. The Balaban J connectivity index is 1.49. The minimum absolute atomic E-state index is 0.00889. The molecule has 33 heavy (non-hydrogen) atoms. The Morgan fingerprint density at radius 1 is 1.21 bits per heavy atom. The van der Waals surface area contributed by atoms with Crippen molar-refractivity contribution in [2.45, 2.75) is 38.0 Å². The Labute approximate surface area is 199 Å². The van der Waals surface area contributed by atoms with E-state index in [-0.39, 0.29) is 28.3 Å². The lowest BCUT2D eigenvalue weighted by molar-refractivity contribution is -0.138. The number of rotatable bonds is 6. The van der Waals surface area contributed by atoms with E-state index >= 15 is 0 Å². The normalized spacial score (nSPS) is 20.8. The van der Waals surface area contributed by atoms with Crippen molar-refractivity contribution in [3.8, 4) is 11.4 Å². The van der Waals surface area contributed by atoms with Gasteiger partial charge in [-0.1, -0.05) is 23.7 Å². The van der Waals surface area contributed by atoms with Crippen LogP contribution < -0.4 is 0 Å². The van der Waals surface area contributed by atoms with Crippen molar-refractivity contribution in [2.24, 2.45) is 5.92 Å². The molecule has 0 spiro atoms. The maximum Gasteiger partial charge on any atom is 0.244 e. The summed E-state index contributed by atoms with van der Waals surface area (Å²) in [7, 11) is -3.89. The SMILES string of the molecule is CCCN1CCN(C(=O)C2CCCN(S(=O)(=O)c3cc(-c4noc(C)n4)ccc3Cl)C2)CC1. The van der Waals surface area contributed by atoms with E-state index < -0.39 is 10.0 Å². The van der Waals surface area contributed by atoms with Crippen molar-refractivity contribution in [3.63, 3.8) is 0 Å². The molecule has 3 heterocycles. The van der Waals surface area contributed by atoms with Crippen LogP contribution in [0.25, 0.3) is 11.4 Å². The van der Waals surface area contributed by atoms with Gasteiger partial charge >= 0.3 is 0 Å². The number of benzene rings is 1. The highest BCUT2D eigenvalue weighted by molar-refractivity contribution is 7.89. The van der Waals surface area contributed by atoms with Crippen LogP contribution in [0.2, 0.25) is 5.02 Å². The van der Waals surface area contributed by atoms with E-state index in [0.717, 1.165) is 26.1 Å². The van der Waals surface area contributed by atoms with Gasteiger partial charge < -0.3 is 9.42 Å². The molecular weight excluding hydrogens is 466 g/mol. The van der Waals surface area contributed by atoms with Crippen LogP contribution in [0.15, 0.2) is 27.6 Å². The molecule has 2 aliphatic heterocycles. The van der Waals surface area contributed by atoms with Gasteiger partial charge in [0.1, 0.15) is 4.90 Å². The minimum atomic E-state index is -3.89. The molecule has 1 aromatic carbocycles. The molecule has 1 amide bonds. The van der Waals surface area contributed by atoms with Crippen LogP contribution in [0.5, 0.6) is 0 Å². The fraction of sp³-hybridized carbons (Fsp3) is 0.591. The number of aromatic nitrogens is 2. The zero-order valence-corrected chi connectivity index (χ0v) is 20.6. The molecule has 0 N–H and O–H groups in total. The third-order valence-electron chi connectivity index (χ3n) is 6.29. The second kappa shape index (κ2) is 10.1. The van der Waals surface area contributed by atoms with E-state index in [1.807, 2.05) is 4.90 Å². The molecule has 1 atom stereocenters. The molecule has 2 aliphatic rings. The molecule has 9 nitrogen and oxygen atoms in total. The topological polar surface area (TPSA) is 99.8 Å². The molecule has 0 saturated carbocycles. The molecule has 1 unspecified atom stereocenters. The minimum Gasteiger partial charge on any atom is -0.340 e. The van der Waals surface area contributed by atoms with E-state index in [1.165, 1.54) is 16.4 Å². The van der Waals surface area contributed by atoms with Crippen LogP contribution in [0.4, 0.5) is 0 Å². The van der Waals surface area contributed by atoms with Crippen LogP contribution >= 0.6 is 11.6 Å². The molecule has 2 fully saturated rings. The summed E-state index contributed by atoms with van der Waals surface area (Å²) >= 11 is 6.30. The summed E-state index contributed by atoms with van der Waals surface area (Å²) in [5, 5.41) is 3.99. The van der Waals surface area contributed by atoms with E-state index in [1.54, 1.807) is 13.0 Å². The number of hydrogen-bond acceptors (Lipinski definition) is 7. The number of amides is 1. The van der Waals surface area contributed by atoms with E-state index in [0.29, 0.717) is 49.8 Å². The molecule has 2 aromatic rings. The highest BCUT2D eigenvalue weighted by Gasteiger charge is 2.36. The smallest absolute Gasteiger partial charge is 0.244 e. The van der Waals surface area contributed by atoms with Crippen LogP contribution in [-0.2, 0) is 14.8 Å². The number of aryl methyl sites for hydroxylation is 1. The van der Waals surface area contributed by atoms with Gasteiger partial charge in [0, 0.05) is 51.8 Å². The predicted octanol–water partition coefficient (Wildman–Crippen LogP) is 2.65. The standard InChI is InChI=1S/C22H30ClN5O4S/c1-3-8-26-10-12-27(13-11-26)22(29)18-5-4-9-28(15-18)33(30,31)20-14-17(6-7-19(20)23)21-24-16(2)32-25-21/h6-7,14,18H,3-5,8-13,15H2,1-2H3. The van der Waals surface area contributed by atoms with Crippen molar-refractivity contribution in [1.82, 2.24) is 24.2 Å². The average Bonchev–Trinajstić information content (AvgIpc) is 3.26. The summed E-state index contributed by atoms with van der Waals surface area (Å²) in [6.45, 7) is 8.51. The third kappa shape index (κ3) is 5.24. The number of piperidine rings is 1. The van der Waals surface area contributed by atoms with Crippen LogP contribution in [0, 0.1) is 12.8 Å². The van der Waals surface area contributed by atoms with Gasteiger partial charge in [0.2, 0.25) is 27.6 Å². The van der Waals surface area contributed by atoms with Gasteiger partial charge in [0.25, 0.3) is 0 Å². The van der Waals surface area contributed by atoms with E-state index in [4.69, 9.17) is 16.1 Å². The largest absolute Gasteiger partial charge is 0.340 e. The van der Waals surface area contributed by atoms with Crippen molar-refractivity contribution < 1.29 is 17.7 Å². The lowest BCUT2D eigenvalue weighted by Gasteiger charge is -2.38. The Bertz CT molecular complexity index is 1100. The van der Waals surface area contributed by atoms with Crippen molar-refractivity contribution in [2.75, 3.05) is 45.8 Å². The van der Waals surface area contributed by atoms with Crippen molar-refractivity contribution in [3.05, 3.63) is 29.1 Å². The van der Waals surface area contributed by atoms with Crippen LogP contribution in [0.3, 0.4) is 0 Å². The molecule has 0 radical (unpaired) electrons. The zero-order valence-electron chi connectivity index (χ0n) is 19.0. The Morgan fingerprint density at radius 2 is 1.97 bits per heavy atom. The highest BCUT2D eigenvalue weighted by atomic mass is 35.5. The fourth-order valence-electron chi connectivity index (χ4n) is 4.52. The number of halogens is 1. The van der Waals surface area contributed by atoms with E-state index in [2.05, 4.69) is 22.0 Å². The summed E-state index contributed by atoms with van der Waals surface area (Å²) in [6, 6.07) is 4.66. The molecule has 2 saturated heterocycles. The van der Waals surface area contributed by atoms with Gasteiger partial charge in [0.15, 0.2) is 0 Å². The molecule has 0 bridgehead atoms. The van der Waals surface area contributed by atoms with Crippen LogP contribution in [-0.4, -0.2) is 84.4 Å². The maximum atomic E-state index is 13.5. The van der Waals surface area contributed by atoms with Gasteiger partial charge in [-0.3, -0.25) is 9.69 Å². The third-order valence-corrected chi connectivity index (χ3v) is 8.64. The lowest BCUT2D eigenvalue weighted by Crippen LogP contribution is -2.53. The number of carbonyl (C=O) groups excluding carboxylic acids is 1. The van der Waals surface area contributed by atoms with Crippen molar-refractivity contribution in [1.29, 1.82) is 0 Å². The van der Waals surface area contributed by atoms with Crippen LogP contribution in [0.1, 0.15) is 32.1 Å². The summed E-state index contributed by atoms with van der Waals surface area (Å²) in [4.78, 5) is 21.6. The fourth-order valence-corrected chi connectivity index (χ4v) is 6.55. The van der Waals surface area contributed by atoms with Crippen molar-refractivity contribution >= 4 is 27.5 Å². The Hall–Kier alpha value is -2.01. The molecule has 0 aliphatic carbocycles. The van der Waals surface area contributed by atoms with Gasteiger partial charge in [0.05, 0.1) is 10.9 Å². The first-order valence-corrected chi connectivity index (χ1v) is 13.2.